The highest BCUT2D eigenvalue weighted by Crippen LogP contribution is 2.50. The van der Waals surface area contributed by atoms with Crippen molar-refractivity contribution in [3.63, 3.8) is 0 Å². The number of benzene rings is 2. The van der Waals surface area contributed by atoms with Crippen molar-refractivity contribution < 1.29 is 4.74 Å². The second kappa shape index (κ2) is 9.02. The van der Waals surface area contributed by atoms with Crippen LogP contribution in [0.1, 0.15) is 48.8 Å². The van der Waals surface area contributed by atoms with E-state index in [0.717, 1.165) is 44.2 Å². The van der Waals surface area contributed by atoms with Crippen molar-refractivity contribution in [1.29, 1.82) is 5.26 Å². The third-order valence-electron chi connectivity index (χ3n) is 7.75. The van der Waals surface area contributed by atoms with Gasteiger partial charge in [-0.3, -0.25) is 0 Å². The van der Waals surface area contributed by atoms with Gasteiger partial charge in [-0.05, 0) is 67.0 Å². The number of likely N-dealkylation sites (tertiary alicyclic amines) is 1. The normalized spacial score (nSPS) is 24.4. The summed E-state index contributed by atoms with van der Waals surface area (Å²) < 4.78 is 5.87. The largest absolute Gasteiger partial charge is 0.494 e. The molecule has 1 atom stereocenters. The minimum Gasteiger partial charge on any atom is -0.494 e. The molecule has 0 spiro atoms. The van der Waals surface area contributed by atoms with Crippen molar-refractivity contribution in [2.75, 3.05) is 32.8 Å². The molecule has 162 valence electrons. The lowest BCUT2D eigenvalue weighted by Gasteiger charge is -2.56. The number of nitriles is 1. The van der Waals surface area contributed by atoms with Gasteiger partial charge < -0.3 is 15.0 Å². The highest BCUT2D eigenvalue weighted by atomic mass is 16.5. The minimum atomic E-state index is 0.181. The van der Waals surface area contributed by atoms with Crippen molar-refractivity contribution in [3.8, 4) is 11.8 Å². The van der Waals surface area contributed by atoms with Gasteiger partial charge >= 0.3 is 0 Å². The Hall–Kier alpha value is -2.35. The van der Waals surface area contributed by atoms with E-state index in [-0.39, 0.29) is 5.54 Å². The fourth-order valence-electron chi connectivity index (χ4n) is 6.23. The van der Waals surface area contributed by atoms with Gasteiger partial charge in [-0.1, -0.05) is 37.1 Å². The predicted molar refractivity (Wildman–Crippen MR) is 123 cm³/mol. The summed E-state index contributed by atoms with van der Waals surface area (Å²) in [5, 5.41) is 13.0. The Morgan fingerprint density at radius 3 is 2.58 bits per heavy atom. The van der Waals surface area contributed by atoms with Gasteiger partial charge in [0.25, 0.3) is 0 Å². The first kappa shape index (κ1) is 20.5. The topological polar surface area (TPSA) is 48.3 Å². The number of nitrogens with zero attached hydrogens (tertiary/aromatic N) is 2. The monoisotopic (exact) mass is 415 g/mol. The van der Waals surface area contributed by atoms with Gasteiger partial charge in [0, 0.05) is 32.1 Å². The summed E-state index contributed by atoms with van der Waals surface area (Å²) in [6, 6.07) is 18.8. The molecule has 3 aliphatic rings. The Morgan fingerprint density at radius 2 is 1.81 bits per heavy atom. The fourth-order valence-corrected chi connectivity index (χ4v) is 6.23. The molecule has 0 amide bonds. The summed E-state index contributed by atoms with van der Waals surface area (Å²) in [6.07, 6.45) is 7.71. The van der Waals surface area contributed by atoms with Gasteiger partial charge in [0.1, 0.15) is 5.75 Å². The van der Waals surface area contributed by atoms with Crippen LogP contribution in [0, 0.1) is 23.2 Å². The number of hydrogen-bond acceptors (Lipinski definition) is 4. The molecule has 2 aromatic carbocycles. The van der Waals surface area contributed by atoms with E-state index in [4.69, 9.17) is 10.00 Å². The SMILES string of the molecule is N#Cc1ccc(OCCCN2CC(C3(C4CCCC4)NCCc4ccccc43)C2)cc1. The standard InChI is InChI=1S/C27H33N3O/c28-18-21-10-12-25(13-11-21)31-17-5-16-30-19-24(20-30)27(23-7-2-3-8-23)26-9-4-1-6-22(26)14-15-29-27/h1,4,6,9-13,23-24,29H,2-3,5,7-8,14-17,19-20H2. The van der Waals surface area contributed by atoms with Crippen LogP contribution < -0.4 is 10.1 Å². The predicted octanol–water partition coefficient (Wildman–Crippen LogP) is 4.49. The maximum atomic E-state index is 8.89. The summed E-state index contributed by atoms with van der Waals surface area (Å²) in [6.45, 7) is 5.31. The first-order chi connectivity index (χ1) is 15.3. The van der Waals surface area contributed by atoms with Gasteiger partial charge in [0.15, 0.2) is 0 Å². The first-order valence-corrected chi connectivity index (χ1v) is 12.0. The Kier molecular flexibility index (Phi) is 5.98. The van der Waals surface area contributed by atoms with Gasteiger partial charge in [-0.2, -0.15) is 5.26 Å². The maximum Gasteiger partial charge on any atom is 0.119 e. The molecule has 1 saturated heterocycles. The van der Waals surface area contributed by atoms with Gasteiger partial charge in [0.2, 0.25) is 0 Å². The van der Waals surface area contributed by atoms with Crippen LogP contribution in [0.25, 0.3) is 0 Å². The van der Waals surface area contributed by atoms with Crippen molar-refractivity contribution in [3.05, 3.63) is 65.2 Å². The van der Waals surface area contributed by atoms with Gasteiger partial charge in [-0.25, -0.2) is 0 Å². The highest BCUT2D eigenvalue weighted by molar-refractivity contribution is 5.39. The third kappa shape index (κ3) is 3.97. The molecule has 1 saturated carbocycles. The van der Waals surface area contributed by atoms with Crippen LogP contribution in [0.15, 0.2) is 48.5 Å². The van der Waals surface area contributed by atoms with Crippen LogP contribution in [0.2, 0.25) is 0 Å². The van der Waals surface area contributed by atoms with Crippen LogP contribution in [-0.2, 0) is 12.0 Å². The molecule has 2 aromatic rings. The molecule has 5 rings (SSSR count). The Morgan fingerprint density at radius 1 is 1.03 bits per heavy atom. The molecule has 1 aliphatic carbocycles. The molecule has 0 bridgehead atoms. The average molecular weight is 416 g/mol. The zero-order chi connectivity index (χ0) is 21.1. The summed E-state index contributed by atoms with van der Waals surface area (Å²) in [5.41, 5.74) is 4.03. The Balaban J connectivity index is 1.18. The van der Waals surface area contributed by atoms with Crippen LogP contribution in [0.4, 0.5) is 0 Å². The first-order valence-electron chi connectivity index (χ1n) is 12.0. The van der Waals surface area contributed by atoms with Crippen molar-refractivity contribution in [1.82, 2.24) is 10.2 Å². The number of fused-ring (bicyclic) bond motifs is 1. The van der Waals surface area contributed by atoms with E-state index in [1.807, 2.05) is 24.3 Å². The lowest BCUT2D eigenvalue weighted by molar-refractivity contribution is -0.0140. The van der Waals surface area contributed by atoms with E-state index in [1.165, 1.54) is 38.8 Å². The van der Waals surface area contributed by atoms with E-state index in [1.54, 1.807) is 11.1 Å². The number of rotatable bonds is 7. The molecular formula is C27H33N3O. The smallest absolute Gasteiger partial charge is 0.119 e. The summed E-state index contributed by atoms with van der Waals surface area (Å²) in [7, 11) is 0. The second-order valence-corrected chi connectivity index (χ2v) is 9.48. The zero-order valence-corrected chi connectivity index (χ0v) is 18.4. The van der Waals surface area contributed by atoms with E-state index < -0.39 is 0 Å². The molecule has 0 aromatic heterocycles. The molecule has 1 unspecified atom stereocenters. The molecule has 4 nitrogen and oxygen atoms in total. The van der Waals surface area contributed by atoms with Crippen LogP contribution in [0.3, 0.4) is 0 Å². The third-order valence-corrected chi connectivity index (χ3v) is 7.75. The minimum absolute atomic E-state index is 0.181. The van der Waals surface area contributed by atoms with E-state index in [9.17, 15) is 0 Å². The van der Waals surface area contributed by atoms with Crippen molar-refractivity contribution >= 4 is 0 Å². The Bertz CT molecular complexity index is 922. The van der Waals surface area contributed by atoms with E-state index >= 15 is 0 Å². The van der Waals surface area contributed by atoms with Crippen molar-refractivity contribution in [2.24, 2.45) is 11.8 Å². The number of ether oxygens (including phenoxy) is 1. The molecule has 1 N–H and O–H groups in total. The molecular weight excluding hydrogens is 382 g/mol. The lowest BCUT2D eigenvalue weighted by Crippen LogP contribution is -2.66. The van der Waals surface area contributed by atoms with Crippen molar-refractivity contribution in [2.45, 2.75) is 44.1 Å². The molecule has 31 heavy (non-hydrogen) atoms. The fraction of sp³-hybridized carbons (Fsp3) is 0.519. The van der Waals surface area contributed by atoms with Crippen LogP contribution in [0.5, 0.6) is 5.75 Å². The lowest BCUT2D eigenvalue weighted by atomic mass is 9.63. The highest BCUT2D eigenvalue weighted by Gasteiger charge is 2.52. The second-order valence-electron chi connectivity index (χ2n) is 9.48. The molecule has 2 heterocycles. The summed E-state index contributed by atoms with van der Waals surface area (Å²) in [5.74, 6) is 2.33. The van der Waals surface area contributed by atoms with Crippen LogP contribution in [-0.4, -0.2) is 37.7 Å². The quantitative estimate of drug-likeness (QED) is 0.677. The molecule has 4 heteroatoms. The zero-order valence-electron chi connectivity index (χ0n) is 18.4. The Labute approximate surface area is 186 Å². The summed E-state index contributed by atoms with van der Waals surface area (Å²) >= 11 is 0. The number of nitrogens with one attached hydrogen (secondary N) is 1. The van der Waals surface area contributed by atoms with E-state index in [2.05, 4.69) is 40.6 Å². The average Bonchev–Trinajstić information content (AvgIpc) is 3.33. The van der Waals surface area contributed by atoms with Gasteiger partial charge in [-0.15, -0.1) is 0 Å². The molecule has 0 radical (unpaired) electrons. The molecule has 2 fully saturated rings. The van der Waals surface area contributed by atoms with Gasteiger partial charge in [0.05, 0.1) is 23.8 Å². The maximum absolute atomic E-state index is 8.89. The molecule has 2 aliphatic heterocycles. The van der Waals surface area contributed by atoms with Crippen LogP contribution >= 0.6 is 0 Å². The summed E-state index contributed by atoms with van der Waals surface area (Å²) in [4.78, 5) is 2.60. The van der Waals surface area contributed by atoms with E-state index in [0.29, 0.717) is 11.5 Å². The number of hydrogen-bond donors (Lipinski definition) is 1.